The molecule has 0 aliphatic carbocycles. The Balaban J connectivity index is 0. The summed E-state index contributed by atoms with van der Waals surface area (Å²) in [4.78, 5) is 0. The van der Waals surface area contributed by atoms with E-state index < -0.39 is 31.0 Å². The second-order valence-corrected chi connectivity index (χ2v) is 2.63. The average Bonchev–Trinajstić information content (AvgIpc) is 2.12. The summed E-state index contributed by atoms with van der Waals surface area (Å²) < 4.78 is 0. The van der Waals surface area contributed by atoms with E-state index >= 15 is 0 Å². The summed E-state index contributed by atoms with van der Waals surface area (Å²) in [5, 5.41) is 44.9. The molecule has 4 atom stereocenters. The van der Waals surface area contributed by atoms with E-state index in [4.69, 9.17) is 25.5 Å². The van der Waals surface area contributed by atoms with Crippen molar-refractivity contribution in [3.63, 3.8) is 0 Å². The van der Waals surface area contributed by atoms with Crippen LogP contribution in [0.4, 0.5) is 0 Å². The van der Waals surface area contributed by atoms with Crippen LogP contribution in [0.5, 0.6) is 0 Å². The Morgan fingerprint density at radius 3 is 1.85 bits per heavy atom. The van der Waals surface area contributed by atoms with E-state index in [0.717, 1.165) is 5.37 Å². The first kappa shape index (κ1) is 16.3. The number of aliphatic hydroxyl groups is 5. The van der Waals surface area contributed by atoms with Crippen molar-refractivity contribution in [2.45, 2.75) is 24.4 Å². The molecule has 0 spiro atoms. The minimum atomic E-state index is -1.61. The molecule has 0 saturated carbocycles. The van der Waals surface area contributed by atoms with Gasteiger partial charge < -0.3 is 25.5 Å². The van der Waals surface area contributed by atoms with Crippen LogP contribution in [-0.4, -0.2) is 91.5 Å². The molecule has 13 heavy (non-hydrogen) atoms. The molecule has 0 rings (SSSR count). The van der Waals surface area contributed by atoms with Gasteiger partial charge in [-0.25, -0.2) is 0 Å². The summed E-state index contributed by atoms with van der Waals surface area (Å²) >= 11 is 4.30. The molecule has 0 aromatic carbocycles. The minimum absolute atomic E-state index is 0. The Bertz CT molecular complexity index is 147. The average molecular weight is 220 g/mol. The third-order valence-electron chi connectivity index (χ3n) is 1.42. The van der Waals surface area contributed by atoms with Crippen LogP contribution in [0.2, 0.25) is 0 Å². The van der Waals surface area contributed by atoms with Crippen molar-refractivity contribution in [1.82, 2.24) is 0 Å². The van der Waals surface area contributed by atoms with Crippen LogP contribution >= 0.6 is 12.2 Å². The first-order chi connectivity index (χ1) is 5.54. The van der Waals surface area contributed by atoms with Gasteiger partial charge in [0.05, 0.1) is 6.61 Å². The molecule has 0 unspecified atom stereocenters. The van der Waals surface area contributed by atoms with Crippen LogP contribution in [0, 0.1) is 0 Å². The summed E-state index contributed by atoms with van der Waals surface area (Å²) in [6, 6.07) is 0. The molecule has 0 fully saturated rings. The van der Waals surface area contributed by atoms with E-state index in [1.807, 2.05) is 0 Å². The maximum atomic E-state index is 9.02. The van der Waals surface area contributed by atoms with Crippen LogP contribution in [0.1, 0.15) is 0 Å². The number of hydrogen-bond acceptors (Lipinski definition) is 6. The Kier molecular flexibility index (Phi) is 10.3. The van der Waals surface area contributed by atoms with Gasteiger partial charge in [-0.1, -0.05) is 12.2 Å². The zero-order valence-electron chi connectivity index (χ0n) is 6.24. The molecule has 0 saturated heterocycles. The predicted octanol–water partition coefficient (Wildman–Crippen LogP) is -3.23. The fourth-order valence-electron chi connectivity index (χ4n) is 0.618. The summed E-state index contributed by atoms with van der Waals surface area (Å²) in [7, 11) is 0. The van der Waals surface area contributed by atoms with Gasteiger partial charge in [0.25, 0.3) is 0 Å². The summed E-state index contributed by atoms with van der Waals surface area (Å²) in [6.07, 6.45) is -6.06. The Morgan fingerprint density at radius 2 is 1.54 bits per heavy atom. The van der Waals surface area contributed by atoms with Gasteiger partial charge in [0.2, 0.25) is 0 Å². The quantitative estimate of drug-likeness (QED) is 0.247. The van der Waals surface area contributed by atoms with E-state index in [2.05, 4.69) is 12.2 Å². The monoisotopic (exact) mass is 220 g/mol. The van der Waals surface area contributed by atoms with E-state index in [9.17, 15) is 0 Å². The molecular formula is C6H13NaO5S. The predicted molar refractivity (Wildman–Crippen MR) is 51.9 cm³/mol. The molecule has 0 aliphatic rings. The van der Waals surface area contributed by atoms with Crippen molar-refractivity contribution in [2.75, 3.05) is 6.61 Å². The molecule has 74 valence electrons. The molecule has 0 amide bonds. The van der Waals surface area contributed by atoms with Crippen molar-refractivity contribution in [1.29, 1.82) is 0 Å². The molecule has 0 aromatic heterocycles. The molecule has 0 bridgehead atoms. The number of hydrogen-bond donors (Lipinski definition) is 5. The van der Waals surface area contributed by atoms with Crippen molar-refractivity contribution >= 4 is 47.1 Å². The zero-order valence-corrected chi connectivity index (χ0v) is 7.05. The Hall–Kier alpha value is 0.890. The first-order valence-electron chi connectivity index (χ1n) is 3.33. The van der Waals surface area contributed by atoms with Gasteiger partial charge in [-0.05, 0) is 0 Å². The van der Waals surface area contributed by atoms with Crippen molar-refractivity contribution in [2.24, 2.45) is 0 Å². The van der Waals surface area contributed by atoms with Gasteiger partial charge in [0.1, 0.15) is 24.4 Å². The molecular weight excluding hydrogens is 207 g/mol. The Morgan fingerprint density at radius 1 is 1.08 bits per heavy atom. The number of aliphatic hydroxyl groups excluding tert-OH is 5. The third kappa shape index (κ3) is 5.36. The van der Waals surface area contributed by atoms with E-state index in [-0.39, 0.29) is 29.6 Å². The van der Waals surface area contributed by atoms with E-state index in [1.54, 1.807) is 0 Å². The topological polar surface area (TPSA) is 101 Å². The van der Waals surface area contributed by atoms with Crippen LogP contribution in [0.15, 0.2) is 0 Å². The Labute approximate surface area is 103 Å². The van der Waals surface area contributed by atoms with Gasteiger partial charge >= 0.3 is 29.6 Å². The SMILES string of the molecule is OC[C@@H](O)[C@@H](O)[C@H](O)[C@H](O)C=S.[NaH]. The van der Waals surface area contributed by atoms with E-state index in [0.29, 0.717) is 0 Å². The molecule has 0 heterocycles. The normalized spacial score (nSPS) is 19.5. The van der Waals surface area contributed by atoms with Crippen molar-refractivity contribution in [3.05, 3.63) is 0 Å². The van der Waals surface area contributed by atoms with Crippen LogP contribution in [0.25, 0.3) is 0 Å². The van der Waals surface area contributed by atoms with Crippen molar-refractivity contribution in [3.8, 4) is 0 Å². The fraction of sp³-hybridized carbons (Fsp3) is 0.833. The number of thiocarbonyl (C=S) groups is 1. The summed E-state index contributed by atoms with van der Waals surface area (Å²) in [6.45, 7) is -0.692. The van der Waals surface area contributed by atoms with Crippen LogP contribution in [-0.2, 0) is 0 Å². The standard InChI is InChI=1S/C6H12O5S.Na.H/c7-1-3(8)5(10)6(11)4(9)2-12;;/h2-11H,1H2;;/t3-,4-,5-,6-;;/m1../s1. The molecule has 0 aliphatic heterocycles. The zero-order chi connectivity index (χ0) is 9.72. The van der Waals surface area contributed by atoms with Crippen LogP contribution in [0.3, 0.4) is 0 Å². The van der Waals surface area contributed by atoms with Gasteiger partial charge in [-0.2, -0.15) is 0 Å². The third-order valence-corrected chi connectivity index (χ3v) is 1.70. The summed E-state index contributed by atoms with van der Waals surface area (Å²) in [5.74, 6) is 0. The van der Waals surface area contributed by atoms with Gasteiger partial charge in [-0.3, -0.25) is 0 Å². The van der Waals surface area contributed by atoms with Gasteiger partial charge in [0, 0.05) is 5.37 Å². The maximum absolute atomic E-state index is 9.02. The van der Waals surface area contributed by atoms with Gasteiger partial charge in [0.15, 0.2) is 0 Å². The fourth-order valence-corrected chi connectivity index (χ4v) is 0.779. The second kappa shape index (κ2) is 8.22. The second-order valence-electron chi connectivity index (χ2n) is 2.36. The van der Waals surface area contributed by atoms with Crippen molar-refractivity contribution < 1.29 is 25.5 Å². The van der Waals surface area contributed by atoms with E-state index in [1.165, 1.54) is 0 Å². The molecule has 5 nitrogen and oxygen atoms in total. The molecule has 5 N–H and O–H groups in total. The molecule has 0 aromatic rings. The molecule has 0 radical (unpaired) electrons. The first-order valence-corrected chi connectivity index (χ1v) is 3.80. The van der Waals surface area contributed by atoms with Gasteiger partial charge in [-0.15, -0.1) is 0 Å². The van der Waals surface area contributed by atoms with Crippen LogP contribution < -0.4 is 0 Å². The molecule has 7 heteroatoms. The number of rotatable bonds is 5. The summed E-state index contributed by atoms with van der Waals surface area (Å²) in [5.41, 5.74) is 0.